The van der Waals surface area contributed by atoms with E-state index in [0.29, 0.717) is 6.54 Å². The number of rotatable bonds is 4. The lowest BCUT2D eigenvalue weighted by Crippen LogP contribution is -2.25. The lowest BCUT2D eigenvalue weighted by molar-refractivity contribution is 0.0951. The van der Waals surface area contributed by atoms with Gasteiger partial charge in [0.25, 0.3) is 5.91 Å². The van der Waals surface area contributed by atoms with Gasteiger partial charge in [-0.1, -0.05) is 0 Å². The van der Waals surface area contributed by atoms with Crippen LogP contribution in [0.4, 0.5) is 0 Å². The van der Waals surface area contributed by atoms with Gasteiger partial charge in [0.15, 0.2) is 0 Å². The summed E-state index contributed by atoms with van der Waals surface area (Å²) >= 11 is 5.03. The molecule has 2 rings (SSSR count). The molecule has 0 radical (unpaired) electrons. The van der Waals surface area contributed by atoms with Gasteiger partial charge in [0.1, 0.15) is 5.75 Å². The predicted octanol–water partition coefficient (Wildman–Crippen LogP) is 2.58. The average Bonchev–Trinajstić information content (AvgIpc) is 2.75. The van der Waals surface area contributed by atoms with Crippen LogP contribution < -0.4 is 5.32 Å². The van der Waals surface area contributed by atoms with E-state index >= 15 is 0 Å². The molecule has 0 aliphatic rings. The van der Waals surface area contributed by atoms with Crippen molar-refractivity contribution < 1.29 is 9.90 Å². The third kappa shape index (κ3) is 3.30. The summed E-state index contributed by atoms with van der Waals surface area (Å²) in [5.41, 5.74) is 0.248. The maximum Gasteiger partial charge on any atom is 0.255 e. The first-order chi connectivity index (χ1) is 8.66. The van der Waals surface area contributed by atoms with E-state index in [1.807, 2.05) is 12.1 Å². The summed E-state index contributed by atoms with van der Waals surface area (Å²) < 4.78 is 1.08. The van der Waals surface area contributed by atoms with Gasteiger partial charge in [0, 0.05) is 17.6 Å². The number of pyridine rings is 1. The van der Waals surface area contributed by atoms with Crippen molar-refractivity contribution in [3.05, 3.63) is 44.8 Å². The Bertz CT molecular complexity index is 557. The molecule has 0 fully saturated rings. The van der Waals surface area contributed by atoms with Gasteiger partial charge >= 0.3 is 0 Å². The van der Waals surface area contributed by atoms with E-state index in [-0.39, 0.29) is 17.2 Å². The summed E-state index contributed by atoms with van der Waals surface area (Å²) in [4.78, 5) is 16.7. The first-order valence-electron chi connectivity index (χ1n) is 5.32. The van der Waals surface area contributed by atoms with Crippen LogP contribution in [0.15, 0.2) is 34.4 Å². The molecule has 0 unspecified atom stereocenters. The van der Waals surface area contributed by atoms with Crippen molar-refractivity contribution >= 4 is 33.2 Å². The second-order valence-corrected chi connectivity index (χ2v) is 6.15. The fourth-order valence-electron chi connectivity index (χ4n) is 1.46. The molecule has 0 atom stereocenters. The van der Waals surface area contributed by atoms with Crippen LogP contribution in [0.1, 0.15) is 15.2 Å². The molecule has 2 aromatic heterocycles. The number of halogens is 1. The van der Waals surface area contributed by atoms with Gasteiger partial charge in [0.2, 0.25) is 0 Å². The molecule has 0 aliphatic heterocycles. The zero-order valence-corrected chi connectivity index (χ0v) is 11.8. The highest BCUT2D eigenvalue weighted by molar-refractivity contribution is 9.11. The van der Waals surface area contributed by atoms with Gasteiger partial charge in [-0.15, -0.1) is 11.3 Å². The quantitative estimate of drug-likeness (QED) is 0.907. The van der Waals surface area contributed by atoms with Gasteiger partial charge < -0.3 is 10.4 Å². The summed E-state index contributed by atoms with van der Waals surface area (Å²) in [6, 6.07) is 5.49. The minimum Gasteiger partial charge on any atom is -0.505 e. The molecule has 18 heavy (non-hydrogen) atoms. The smallest absolute Gasteiger partial charge is 0.255 e. The Morgan fingerprint density at radius 2 is 2.28 bits per heavy atom. The molecule has 94 valence electrons. The van der Waals surface area contributed by atoms with Crippen molar-refractivity contribution in [1.82, 2.24) is 10.3 Å². The summed E-state index contributed by atoms with van der Waals surface area (Å²) in [6.45, 7) is 0.535. The van der Waals surface area contributed by atoms with E-state index in [9.17, 15) is 9.90 Å². The van der Waals surface area contributed by atoms with E-state index in [1.165, 1.54) is 23.3 Å². The van der Waals surface area contributed by atoms with Gasteiger partial charge in [0.05, 0.1) is 15.5 Å². The molecular formula is C12H11BrN2O2S. The van der Waals surface area contributed by atoms with Crippen LogP contribution in [0, 0.1) is 0 Å². The lowest BCUT2D eigenvalue weighted by atomic mass is 10.2. The molecule has 6 heteroatoms. The molecule has 0 aliphatic carbocycles. The number of hydrogen-bond donors (Lipinski definition) is 2. The molecule has 0 saturated carbocycles. The average molecular weight is 327 g/mol. The van der Waals surface area contributed by atoms with E-state index in [2.05, 4.69) is 26.2 Å². The van der Waals surface area contributed by atoms with Gasteiger partial charge in [-0.05, 0) is 40.5 Å². The van der Waals surface area contributed by atoms with Gasteiger partial charge in [-0.3, -0.25) is 9.78 Å². The second kappa shape index (κ2) is 5.97. The summed E-state index contributed by atoms with van der Waals surface area (Å²) in [5, 5.41) is 12.2. The highest BCUT2D eigenvalue weighted by atomic mass is 79.9. The monoisotopic (exact) mass is 326 g/mol. The number of aromatic nitrogens is 1. The van der Waals surface area contributed by atoms with Crippen molar-refractivity contribution in [3.8, 4) is 5.75 Å². The lowest BCUT2D eigenvalue weighted by Gasteiger charge is -2.05. The molecule has 1 amide bonds. The Balaban J connectivity index is 1.87. The molecule has 4 nitrogen and oxygen atoms in total. The summed E-state index contributed by atoms with van der Waals surface area (Å²) in [7, 11) is 0. The predicted molar refractivity (Wildman–Crippen MR) is 74.0 cm³/mol. The fraction of sp³-hybridized carbons (Fsp3) is 0.167. The van der Waals surface area contributed by atoms with E-state index in [4.69, 9.17) is 0 Å². The van der Waals surface area contributed by atoms with E-state index < -0.39 is 0 Å². The Morgan fingerprint density at radius 3 is 2.94 bits per heavy atom. The van der Waals surface area contributed by atoms with Crippen LogP contribution in [0.2, 0.25) is 0 Å². The second-order valence-electron chi connectivity index (χ2n) is 3.60. The Kier molecular flexibility index (Phi) is 4.33. The van der Waals surface area contributed by atoms with Gasteiger partial charge in [-0.2, -0.15) is 0 Å². The number of carbonyl (C=O) groups excluding carboxylic acids is 1. The number of aromatic hydroxyl groups is 1. The Morgan fingerprint density at radius 1 is 1.44 bits per heavy atom. The highest BCUT2D eigenvalue weighted by Gasteiger charge is 2.09. The van der Waals surface area contributed by atoms with E-state index in [0.717, 1.165) is 10.2 Å². The van der Waals surface area contributed by atoms with Crippen LogP contribution in [-0.2, 0) is 6.42 Å². The maximum atomic E-state index is 11.8. The molecule has 0 saturated heterocycles. The van der Waals surface area contributed by atoms with Crippen LogP contribution in [0.5, 0.6) is 5.75 Å². The Labute approximate surface area is 117 Å². The van der Waals surface area contributed by atoms with Crippen molar-refractivity contribution in [3.63, 3.8) is 0 Å². The number of nitrogens with zero attached hydrogens (tertiary/aromatic N) is 1. The zero-order chi connectivity index (χ0) is 13.0. The van der Waals surface area contributed by atoms with Crippen LogP contribution in [0.3, 0.4) is 0 Å². The molecule has 2 aromatic rings. The Hall–Kier alpha value is -1.40. The van der Waals surface area contributed by atoms with Crippen LogP contribution >= 0.6 is 27.3 Å². The van der Waals surface area contributed by atoms with Crippen molar-refractivity contribution in [2.75, 3.05) is 6.54 Å². The molecule has 0 bridgehead atoms. The molecule has 0 spiro atoms. The minimum atomic E-state index is -0.287. The fourth-order valence-corrected chi connectivity index (χ4v) is 2.94. The topological polar surface area (TPSA) is 62.2 Å². The molecule has 0 aromatic carbocycles. The highest BCUT2D eigenvalue weighted by Crippen LogP contribution is 2.22. The first-order valence-corrected chi connectivity index (χ1v) is 6.93. The third-order valence-corrected chi connectivity index (χ3v) is 4.01. The maximum absolute atomic E-state index is 11.8. The third-order valence-electron chi connectivity index (χ3n) is 2.33. The standard InChI is InChI=1S/C12H11BrN2O2S/c13-11-2-1-8(18-11)3-6-15-12(17)9-4-5-14-7-10(9)16/h1-2,4-5,7,16H,3,6H2,(H,15,17). The van der Waals surface area contributed by atoms with Gasteiger partial charge in [-0.25, -0.2) is 0 Å². The molecule has 2 N–H and O–H groups in total. The number of thiophene rings is 1. The largest absolute Gasteiger partial charge is 0.505 e. The zero-order valence-electron chi connectivity index (χ0n) is 9.39. The van der Waals surface area contributed by atoms with Crippen molar-refractivity contribution in [1.29, 1.82) is 0 Å². The van der Waals surface area contributed by atoms with E-state index in [1.54, 1.807) is 11.3 Å². The first kappa shape index (κ1) is 13.0. The number of nitrogens with one attached hydrogen (secondary N) is 1. The van der Waals surface area contributed by atoms with Crippen LogP contribution in [-0.4, -0.2) is 22.5 Å². The summed E-state index contributed by atoms with van der Waals surface area (Å²) in [5.74, 6) is -0.389. The van der Waals surface area contributed by atoms with Crippen LogP contribution in [0.25, 0.3) is 0 Å². The van der Waals surface area contributed by atoms with Crippen molar-refractivity contribution in [2.24, 2.45) is 0 Å². The van der Waals surface area contributed by atoms with Crippen molar-refractivity contribution in [2.45, 2.75) is 6.42 Å². The number of amides is 1. The number of carbonyl (C=O) groups is 1. The number of hydrogen-bond acceptors (Lipinski definition) is 4. The minimum absolute atomic E-state index is 0.103. The summed E-state index contributed by atoms with van der Waals surface area (Å²) in [6.07, 6.45) is 3.50. The molecule has 2 heterocycles. The normalized spacial score (nSPS) is 10.3. The molecular weight excluding hydrogens is 316 g/mol. The SMILES string of the molecule is O=C(NCCc1ccc(Br)s1)c1ccncc1O.